The average Bonchev–Trinajstić information content (AvgIpc) is 2.67. The summed E-state index contributed by atoms with van der Waals surface area (Å²) in [5, 5.41) is 1.54. The number of carbonyl (C=O) groups is 3. The fourth-order valence-electron chi connectivity index (χ4n) is 1.86. The van der Waals surface area contributed by atoms with Gasteiger partial charge in [-0.15, -0.1) is 0 Å². The molecule has 0 aromatic heterocycles. The minimum atomic E-state index is -0.501. The van der Waals surface area contributed by atoms with Crippen LogP contribution < -0.4 is 5.43 Å². The molecule has 6 nitrogen and oxygen atoms in total. The Morgan fingerprint density at radius 1 is 1.30 bits per heavy atom. The van der Waals surface area contributed by atoms with E-state index in [1.807, 2.05) is 6.92 Å². The predicted molar refractivity (Wildman–Crippen MR) is 73.0 cm³/mol. The SMILES string of the molecule is CCCN1C(=O)CN(NC(=O)c2ccc(Cl)cc2)C1=O. The van der Waals surface area contributed by atoms with E-state index in [1.54, 1.807) is 24.3 Å². The molecule has 0 atom stereocenters. The van der Waals surface area contributed by atoms with Gasteiger partial charge in [-0.3, -0.25) is 19.9 Å². The van der Waals surface area contributed by atoms with Crippen molar-refractivity contribution in [1.29, 1.82) is 0 Å². The maximum absolute atomic E-state index is 12.0. The van der Waals surface area contributed by atoms with Crippen LogP contribution in [0.1, 0.15) is 23.7 Å². The average molecular weight is 296 g/mol. The van der Waals surface area contributed by atoms with E-state index in [1.165, 1.54) is 0 Å². The van der Waals surface area contributed by atoms with Crippen molar-refractivity contribution in [2.24, 2.45) is 0 Å². The Kier molecular flexibility index (Phi) is 4.24. The monoisotopic (exact) mass is 295 g/mol. The van der Waals surface area contributed by atoms with E-state index in [2.05, 4.69) is 5.43 Å². The van der Waals surface area contributed by atoms with E-state index in [0.717, 1.165) is 9.91 Å². The number of rotatable bonds is 4. The molecule has 1 heterocycles. The van der Waals surface area contributed by atoms with Gasteiger partial charge in [0.15, 0.2) is 0 Å². The van der Waals surface area contributed by atoms with Crippen molar-refractivity contribution < 1.29 is 14.4 Å². The van der Waals surface area contributed by atoms with Crippen LogP contribution in [-0.4, -0.2) is 40.8 Å². The van der Waals surface area contributed by atoms with Crippen molar-refractivity contribution in [2.75, 3.05) is 13.1 Å². The Bertz CT molecular complexity index is 544. The first-order valence-corrected chi connectivity index (χ1v) is 6.59. The zero-order valence-electron chi connectivity index (χ0n) is 10.9. The van der Waals surface area contributed by atoms with Gasteiger partial charge in [-0.2, -0.15) is 0 Å². The highest BCUT2D eigenvalue weighted by Crippen LogP contribution is 2.11. The van der Waals surface area contributed by atoms with Gasteiger partial charge < -0.3 is 0 Å². The minimum absolute atomic E-state index is 0.141. The maximum atomic E-state index is 12.0. The summed E-state index contributed by atoms with van der Waals surface area (Å²) < 4.78 is 0. The van der Waals surface area contributed by atoms with Gasteiger partial charge in [0.1, 0.15) is 6.54 Å². The smallest absolute Gasteiger partial charge is 0.272 e. The van der Waals surface area contributed by atoms with Gasteiger partial charge in [0.2, 0.25) is 0 Å². The van der Waals surface area contributed by atoms with Crippen molar-refractivity contribution >= 4 is 29.4 Å². The van der Waals surface area contributed by atoms with Gasteiger partial charge in [-0.25, -0.2) is 9.80 Å². The number of halogens is 1. The Morgan fingerprint density at radius 3 is 2.55 bits per heavy atom. The van der Waals surface area contributed by atoms with Crippen LogP contribution in [0.15, 0.2) is 24.3 Å². The first-order chi connectivity index (χ1) is 9.52. The molecule has 106 valence electrons. The first kappa shape index (κ1) is 14.3. The zero-order valence-corrected chi connectivity index (χ0v) is 11.7. The highest BCUT2D eigenvalue weighted by atomic mass is 35.5. The van der Waals surface area contributed by atoms with E-state index < -0.39 is 11.9 Å². The number of carbonyl (C=O) groups excluding carboxylic acids is 3. The molecule has 0 spiro atoms. The lowest BCUT2D eigenvalue weighted by Crippen LogP contribution is -2.45. The molecule has 1 aliphatic heterocycles. The van der Waals surface area contributed by atoms with E-state index >= 15 is 0 Å². The highest BCUT2D eigenvalue weighted by molar-refractivity contribution is 6.30. The van der Waals surface area contributed by atoms with E-state index in [-0.39, 0.29) is 12.5 Å². The zero-order chi connectivity index (χ0) is 14.7. The summed E-state index contributed by atoms with van der Waals surface area (Å²) >= 11 is 5.74. The van der Waals surface area contributed by atoms with Crippen LogP contribution in [0.5, 0.6) is 0 Å². The molecule has 1 N–H and O–H groups in total. The number of amides is 4. The third-order valence-corrected chi connectivity index (χ3v) is 3.10. The summed E-state index contributed by atoms with van der Waals surface area (Å²) in [7, 11) is 0. The molecule has 1 aliphatic rings. The summed E-state index contributed by atoms with van der Waals surface area (Å²) in [6.45, 7) is 2.08. The molecule has 0 aliphatic carbocycles. The van der Waals surface area contributed by atoms with Gasteiger partial charge in [0.25, 0.3) is 11.8 Å². The third kappa shape index (κ3) is 2.91. The molecule has 0 saturated carbocycles. The number of urea groups is 1. The fraction of sp³-hybridized carbons (Fsp3) is 0.308. The molecule has 1 aromatic rings. The lowest BCUT2D eigenvalue weighted by Gasteiger charge is -2.17. The van der Waals surface area contributed by atoms with Gasteiger partial charge in [0.05, 0.1) is 0 Å². The number of benzene rings is 1. The van der Waals surface area contributed by atoms with Crippen LogP contribution in [0.4, 0.5) is 4.79 Å². The van der Waals surface area contributed by atoms with E-state index in [4.69, 9.17) is 11.6 Å². The van der Waals surface area contributed by atoms with Gasteiger partial charge in [-0.1, -0.05) is 18.5 Å². The molecule has 1 aromatic carbocycles. The van der Waals surface area contributed by atoms with Crippen molar-refractivity contribution in [3.63, 3.8) is 0 Å². The Labute approximate surface area is 121 Å². The molecule has 4 amide bonds. The topological polar surface area (TPSA) is 69.7 Å². The molecule has 1 fully saturated rings. The molecule has 7 heteroatoms. The highest BCUT2D eigenvalue weighted by Gasteiger charge is 2.36. The number of hydrazine groups is 1. The normalized spacial score (nSPS) is 14.9. The van der Waals surface area contributed by atoms with E-state index in [0.29, 0.717) is 23.6 Å². The van der Waals surface area contributed by atoms with Crippen molar-refractivity contribution in [2.45, 2.75) is 13.3 Å². The Balaban J connectivity index is 2.03. The number of imide groups is 1. The fourth-order valence-corrected chi connectivity index (χ4v) is 1.99. The van der Waals surface area contributed by atoms with Crippen LogP contribution in [0.2, 0.25) is 5.02 Å². The molecule has 2 rings (SSSR count). The van der Waals surface area contributed by atoms with Crippen LogP contribution in [0, 0.1) is 0 Å². The Morgan fingerprint density at radius 2 is 1.95 bits per heavy atom. The van der Waals surface area contributed by atoms with Crippen LogP contribution in [-0.2, 0) is 4.79 Å². The molecule has 0 radical (unpaired) electrons. The summed E-state index contributed by atoms with van der Waals surface area (Å²) in [4.78, 5) is 36.6. The van der Waals surface area contributed by atoms with Crippen molar-refractivity contribution in [3.05, 3.63) is 34.9 Å². The Hall–Kier alpha value is -2.08. The lowest BCUT2D eigenvalue weighted by molar-refractivity contribution is -0.125. The van der Waals surface area contributed by atoms with Gasteiger partial charge in [0, 0.05) is 17.1 Å². The number of nitrogens with zero attached hydrogens (tertiary/aromatic N) is 2. The summed E-state index contributed by atoms with van der Waals surface area (Å²) in [5.74, 6) is -0.769. The van der Waals surface area contributed by atoms with Gasteiger partial charge in [-0.05, 0) is 30.7 Å². The number of hydrogen-bond acceptors (Lipinski definition) is 3. The molecule has 0 bridgehead atoms. The number of nitrogens with one attached hydrogen (secondary N) is 1. The maximum Gasteiger partial charge on any atom is 0.345 e. The predicted octanol–water partition coefficient (Wildman–Crippen LogP) is 1.66. The second-order valence-corrected chi connectivity index (χ2v) is 4.80. The molecule has 1 saturated heterocycles. The molecule has 0 unspecified atom stereocenters. The summed E-state index contributed by atoms with van der Waals surface area (Å²) in [6.07, 6.45) is 0.677. The quantitative estimate of drug-likeness (QED) is 0.859. The van der Waals surface area contributed by atoms with Crippen LogP contribution in [0.25, 0.3) is 0 Å². The minimum Gasteiger partial charge on any atom is -0.272 e. The van der Waals surface area contributed by atoms with Crippen LogP contribution in [0.3, 0.4) is 0 Å². The largest absolute Gasteiger partial charge is 0.345 e. The summed E-state index contributed by atoms with van der Waals surface area (Å²) in [5.41, 5.74) is 2.79. The third-order valence-electron chi connectivity index (χ3n) is 2.85. The standard InChI is InChI=1S/C13H14ClN3O3/c1-2-7-16-11(18)8-17(13(16)20)15-12(19)9-3-5-10(14)6-4-9/h3-6H,2,7-8H2,1H3,(H,15,19). The summed E-state index contributed by atoms with van der Waals surface area (Å²) in [6, 6.07) is 5.75. The molecule has 20 heavy (non-hydrogen) atoms. The first-order valence-electron chi connectivity index (χ1n) is 6.21. The molecular weight excluding hydrogens is 282 g/mol. The number of hydrogen-bond donors (Lipinski definition) is 1. The molecular formula is C13H14ClN3O3. The van der Waals surface area contributed by atoms with E-state index in [9.17, 15) is 14.4 Å². The lowest BCUT2D eigenvalue weighted by atomic mass is 10.2. The second kappa shape index (κ2) is 5.92. The second-order valence-electron chi connectivity index (χ2n) is 4.36. The van der Waals surface area contributed by atoms with Gasteiger partial charge >= 0.3 is 6.03 Å². The van der Waals surface area contributed by atoms with Crippen LogP contribution >= 0.6 is 11.6 Å². The van der Waals surface area contributed by atoms with Crippen molar-refractivity contribution in [1.82, 2.24) is 15.3 Å². The van der Waals surface area contributed by atoms with Crippen molar-refractivity contribution in [3.8, 4) is 0 Å².